The summed E-state index contributed by atoms with van der Waals surface area (Å²) in [6.45, 7) is 9.71. The minimum absolute atomic E-state index is 0.0209. The molecule has 0 aromatic rings. The molecule has 0 amide bonds. The highest BCUT2D eigenvalue weighted by Gasteiger charge is 2.61. The van der Waals surface area contributed by atoms with Gasteiger partial charge in [0, 0.05) is 11.8 Å². The minimum Gasteiger partial charge on any atom is -0.434 e. The van der Waals surface area contributed by atoms with E-state index in [1.54, 1.807) is 0 Å². The minimum atomic E-state index is -0.480. The predicted octanol–water partition coefficient (Wildman–Crippen LogP) is 6.09. The summed E-state index contributed by atoms with van der Waals surface area (Å²) in [5, 5.41) is 0. The highest BCUT2D eigenvalue weighted by Crippen LogP contribution is 2.66. The Kier molecular flexibility index (Phi) is 5.59. The molecule has 0 aliphatic heterocycles. The van der Waals surface area contributed by atoms with Crippen molar-refractivity contribution in [2.24, 2.45) is 34.5 Å². The molecule has 3 saturated carbocycles. The Morgan fingerprint density at radius 3 is 2.72 bits per heavy atom. The van der Waals surface area contributed by atoms with Crippen molar-refractivity contribution in [3.05, 3.63) is 11.6 Å². The summed E-state index contributed by atoms with van der Waals surface area (Å²) in [5.74, 6) is 2.82. The third-order valence-corrected chi connectivity index (χ3v) is 9.18. The van der Waals surface area contributed by atoms with Crippen LogP contribution < -0.4 is 0 Å². The molecule has 0 radical (unpaired) electrons. The largest absolute Gasteiger partial charge is 0.508 e. The third kappa shape index (κ3) is 3.45. The maximum atomic E-state index is 12.2. The number of carbonyl (C=O) groups excluding carboxylic acids is 2. The number of ketones is 1. The molecule has 0 aromatic carbocycles. The van der Waals surface area contributed by atoms with E-state index in [0.29, 0.717) is 42.5 Å². The highest BCUT2D eigenvalue weighted by molar-refractivity contribution is 5.91. The van der Waals surface area contributed by atoms with Crippen LogP contribution in [0.25, 0.3) is 0 Å². The number of fused-ring (bicyclic) bond motifs is 5. The average Bonchev–Trinajstić information content (AvgIpc) is 3.00. The Morgan fingerprint density at radius 1 is 1.17 bits per heavy atom. The zero-order valence-corrected chi connectivity index (χ0v) is 18.7. The van der Waals surface area contributed by atoms with E-state index in [4.69, 9.17) is 9.47 Å². The van der Waals surface area contributed by atoms with Gasteiger partial charge in [-0.05, 0) is 80.1 Å². The molecule has 4 aliphatic carbocycles. The summed E-state index contributed by atoms with van der Waals surface area (Å²) >= 11 is 0. The Hall–Kier alpha value is -1.32. The summed E-state index contributed by atoms with van der Waals surface area (Å²) in [6.07, 6.45) is 10.5. The number of ether oxygens (including phenoxy) is 2. The number of hydrogen-bond acceptors (Lipinski definition) is 4. The van der Waals surface area contributed by atoms with Gasteiger partial charge >= 0.3 is 6.16 Å². The number of carbonyl (C=O) groups is 2. The van der Waals surface area contributed by atoms with Gasteiger partial charge in [0.15, 0.2) is 5.78 Å². The summed E-state index contributed by atoms with van der Waals surface area (Å²) in [6, 6.07) is 0. The first-order chi connectivity index (χ1) is 13.8. The fourth-order valence-electron chi connectivity index (χ4n) is 7.50. The molecular formula is C25H38O4. The molecule has 0 bridgehead atoms. The van der Waals surface area contributed by atoms with Crippen LogP contribution in [-0.4, -0.2) is 24.6 Å². The predicted molar refractivity (Wildman–Crippen MR) is 112 cm³/mol. The van der Waals surface area contributed by atoms with Gasteiger partial charge in [-0.25, -0.2) is 4.79 Å². The number of rotatable bonds is 4. The molecule has 0 spiro atoms. The van der Waals surface area contributed by atoms with Crippen molar-refractivity contribution in [2.45, 2.75) is 91.6 Å². The molecule has 0 heterocycles. The smallest absolute Gasteiger partial charge is 0.434 e. The lowest BCUT2D eigenvalue weighted by Crippen LogP contribution is -2.54. The normalized spacial score (nSPS) is 43.7. The average molecular weight is 403 g/mol. The quantitative estimate of drug-likeness (QED) is 0.422. The highest BCUT2D eigenvalue weighted by atomic mass is 16.7. The molecule has 4 nitrogen and oxygen atoms in total. The van der Waals surface area contributed by atoms with Gasteiger partial charge in [-0.3, -0.25) is 4.79 Å². The van der Waals surface area contributed by atoms with E-state index < -0.39 is 6.16 Å². The molecule has 4 heteroatoms. The lowest BCUT2D eigenvalue weighted by atomic mass is 9.45. The fourth-order valence-corrected chi connectivity index (χ4v) is 7.50. The van der Waals surface area contributed by atoms with E-state index in [-0.39, 0.29) is 16.9 Å². The molecule has 0 saturated heterocycles. The molecule has 162 valence electrons. The first kappa shape index (κ1) is 20.9. The van der Waals surface area contributed by atoms with Gasteiger partial charge < -0.3 is 9.47 Å². The van der Waals surface area contributed by atoms with Gasteiger partial charge in [0.25, 0.3) is 0 Å². The third-order valence-electron chi connectivity index (χ3n) is 9.18. The molecule has 3 fully saturated rings. The molecule has 7 atom stereocenters. The summed E-state index contributed by atoms with van der Waals surface area (Å²) in [7, 11) is 0. The van der Waals surface area contributed by atoms with Crippen LogP contribution in [0.5, 0.6) is 0 Å². The Bertz CT molecular complexity index is 697. The van der Waals surface area contributed by atoms with Crippen molar-refractivity contribution >= 4 is 11.9 Å². The number of unbranched alkanes of at least 4 members (excludes halogenated alkanes) is 1. The van der Waals surface area contributed by atoms with E-state index in [1.807, 2.05) is 6.08 Å². The van der Waals surface area contributed by atoms with Crippen molar-refractivity contribution in [3.63, 3.8) is 0 Å². The van der Waals surface area contributed by atoms with Gasteiger partial charge in [-0.1, -0.05) is 39.7 Å². The van der Waals surface area contributed by atoms with Gasteiger partial charge in [0.2, 0.25) is 0 Å². The molecule has 4 aliphatic rings. The first-order valence-corrected chi connectivity index (χ1v) is 11.9. The van der Waals surface area contributed by atoms with E-state index >= 15 is 0 Å². The van der Waals surface area contributed by atoms with Crippen LogP contribution in [0.4, 0.5) is 4.79 Å². The lowest BCUT2D eigenvalue weighted by Gasteiger charge is -2.59. The van der Waals surface area contributed by atoms with Crippen molar-refractivity contribution in [2.75, 3.05) is 6.61 Å². The van der Waals surface area contributed by atoms with Crippen LogP contribution in [0.3, 0.4) is 0 Å². The van der Waals surface area contributed by atoms with Crippen molar-refractivity contribution < 1.29 is 19.1 Å². The van der Waals surface area contributed by atoms with Crippen LogP contribution in [0.15, 0.2) is 11.6 Å². The van der Waals surface area contributed by atoms with Crippen LogP contribution >= 0.6 is 0 Å². The van der Waals surface area contributed by atoms with E-state index in [0.717, 1.165) is 44.9 Å². The zero-order valence-electron chi connectivity index (χ0n) is 18.7. The van der Waals surface area contributed by atoms with Crippen molar-refractivity contribution in [1.29, 1.82) is 0 Å². The second kappa shape index (κ2) is 7.74. The Labute approximate surface area is 175 Å². The Balaban J connectivity index is 1.52. The molecule has 29 heavy (non-hydrogen) atoms. The summed E-state index contributed by atoms with van der Waals surface area (Å²) in [4.78, 5) is 24.3. The van der Waals surface area contributed by atoms with E-state index in [2.05, 4.69) is 27.7 Å². The second-order valence-corrected chi connectivity index (χ2v) is 10.7. The SMILES string of the molecule is CCCCOC(=O)OC1CCC2C3C(C)CC4=CC(=O)CCC4(C)C3CCC12C. The van der Waals surface area contributed by atoms with E-state index in [1.165, 1.54) is 12.0 Å². The zero-order chi connectivity index (χ0) is 20.8. The maximum absolute atomic E-state index is 12.2. The Morgan fingerprint density at radius 2 is 1.97 bits per heavy atom. The first-order valence-electron chi connectivity index (χ1n) is 11.9. The second-order valence-electron chi connectivity index (χ2n) is 10.7. The molecule has 0 aromatic heterocycles. The summed E-state index contributed by atoms with van der Waals surface area (Å²) < 4.78 is 11.2. The maximum Gasteiger partial charge on any atom is 0.508 e. The van der Waals surface area contributed by atoms with Gasteiger partial charge in [0.1, 0.15) is 6.10 Å². The fraction of sp³-hybridized carbons (Fsp3) is 0.840. The monoisotopic (exact) mass is 402 g/mol. The lowest BCUT2D eigenvalue weighted by molar-refractivity contribution is -0.120. The molecule has 4 rings (SSSR count). The standard InChI is InChI=1S/C25H38O4/c1-5-6-13-28-23(27)29-21-8-7-19-22-16(2)14-17-15-18(26)9-11-24(17,3)20(22)10-12-25(19,21)4/h15-16,19-22H,5-14H2,1-4H3. The van der Waals surface area contributed by atoms with Crippen LogP contribution in [0.2, 0.25) is 0 Å². The number of hydrogen-bond donors (Lipinski definition) is 0. The van der Waals surface area contributed by atoms with E-state index in [9.17, 15) is 9.59 Å². The summed E-state index contributed by atoms with van der Waals surface area (Å²) in [5.41, 5.74) is 1.66. The number of allylic oxidation sites excluding steroid dienone is 1. The van der Waals surface area contributed by atoms with Gasteiger partial charge in [-0.15, -0.1) is 0 Å². The van der Waals surface area contributed by atoms with Crippen molar-refractivity contribution in [1.82, 2.24) is 0 Å². The molecular weight excluding hydrogens is 364 g/mol. The molecule has 7 unspecified atom stereocenters. The topological polar surface area (TPSA) is 52.6 Å². The van der Waals surface area contributed by atoms with Crippen LogP contribution in [0, 0.1) is 34.5 Å². The molecule has 0 N–H and O–H groups in total. The van der Waals surface area contributed by atoms with Gasteiger partial charge in [-0.2, -0.15) is 0 Å². The van der Waals surface area contributed by atoms with Crippen molar-refractivity contribution in [3.8, 4) is 0 Å². The van der Waals surface area contributed by atoms with Crippen LogP contribution in [-0.2, 0) is 14.3 Å². The van der Waals surface area contributed by atoms with Crippen LogP contribution in [0.1, 0.15) is 85.5 Å². The van der Waals surface area contributed by atoms with Gasteiger partial charge in [0.05, 0.1) is 6.61 Å².